The van der Waals surface area contributed by atoms with Crippen LogP contribution in [0.1, 0.15) is 37.8 Å². The van der Waals surface area contributed by atoms with Gasteiger partial charge in [-0.05, 0) is 37.3 Å². The van der Waals surface area contributed by atoms with Crippen molar-refractivity contribution in [2.45, 2.75) is 38.1 Å². The summed E-state index contributed by atoms with van der Waals surface area (Å²) in [5.74, 6) is 0.888. The van der Waals surface area contributed by atoms with Crippen molar-refractivity contribution in [1.29, 1.82) is 5.26 Å². The molecule has 2 unspecified atom stereocenters. The minimum Gasteiger partial charge on any atom is -0.367 e. The Morgan fingerprint density at radius 1 is 1.24 bits per heavy atom. The maximum absolute atomic E-state index is 8.76. The van der Waals surface area contributed by atoms with Gasteiger partial charge < -0.3 is 4.90 Å². The first kappa shape index (κ1) is 10.6. The van der Waals surface area contributed by atoms with Crippen LogP contribution in [0.5, 0.6) is 0 Å². The van der Waals surface area contributed by atoms with Crippen molar-refractivity contribution in [1.82, 2.24) is 4.98 Å². The first-order chi connectivity index (χ1) is 8.38. The summed E-state index contributed by atoms with van der Waals surface area (Å²) in [4.78, 5) is 6.67. The number of hydrogen-bond donors (Lipinski definition) is 0. The van der Waals surface area contributed by atoms with Gasteiger partial charge in [-0.2, -0.15) is 5.26 Å². The quantitative estimate of drug-likeness (QED) is 0.740. The largest absolute Gasteiger partial charge is 0.367 e. The van der Waals surface area contributed by atoms with E-state index < -0.39 is 0 Å². The topological polar surface area (TPSA) is 39.9 Å². The van der Waals surface area contributed by atoms with Crippen LogP contribution < -0.4 is 4.90 Å². The number of nitrogens with zero attached hydrogens (tertiary/aromatic N) is 3. The van der Waals surface area contributed by atoms with Crippen LogP contribution in [-0.4, -0.2) is 17.6 Å². The summed E-state index contributed by atoms with van der Waals surface area (Å²) in [7, 11) is 0. The smallest absolute Gasteiger partial charge is 0.140 e. The van der Waals surface area contributed by atoms with E-state index in [0.717, 1.165) is 18.5 Å². The van der Waals surface area contributed by atoms with Crippen molar-refractivity contribution in [3.8, 4) is 6.07 Å². The molecular weight excluding hydrogens is 210 g/mol. The zero-order chi connectivity index (χ0) is 11.7. The molecule has 1 aromatic heterocycles. The summed E-state index contributed by atoms with van der Waals surface area (Å²) >= 11 is 0. The molecule has 0 spiro atoms. The Labute approximate surface area is 102 Å². The molecule has 2 aliphatic rings. The van der Waals surface area contributed by atoms with E-state index in [1.54, 1.807) is 0 Å². The lowest BCUT2D eigenvalue weighted by Gasteiger charge is -2.32. The first-order valence-corrected chi connectivity index (χ1v) is 6.51. The highest BCUT2D eigenvalue weighted by molar-refractivity contribution is 5.48. The molecule has 0 N–H and O–H groups in total. The van der Waals surface area contributed by atoms with E-state index in [2.05, 4.69) is 16.0 Å². The number of aromatic nitrogens is 1. The fraction of sp³-hybridized carbons (Fsp3) is 0.571. The van der Waals surface area contributed by atoms with Gasteiger partial charge >= 0.3 is 0 Å². The zero-order valence-corrected chi connectivity index (χ0v) is 9.97. The molecule has 1 saturated heterocycles. The Balaban J connectivity index is 1.81. The average molecular weight is 227 g/mol. The van der Waals surface area contributed by atoms with Gasteiger partial charge in [0.05, 0.1) is 11.9 Å². The number of hydrogen-bond acceptors (Lipinski definition) is 3. The van der Waals surface area contributed by atoms with Gasteiger partial charge in [0.25, 0.3) is 0 Å². The molecule has 3 heteroatoms. The van der Waals surface area contributed by atoms with Crippen LogP contribution >= 0.6 is 0 Å². The SMILES string of the molecule is N#Cc1ccc(N2CCC3CCCCC32)cn1. The van der Waals surface area contributed by atoms with Crippen LogP contribution in [0.4, 0.5) is 5.69 Å². The number of pyridine rings is 1. The summed E-state index contributed by atoms with van der Waals surface area (Å²) in [5.41, 5.74) is 1.70. The molecule has 0 aromatic carbocycles. The molecule has 2 heterocycles. The van der Waals surface area contributed by atoms with Gasteiger partial charge in [-0.15, -0.1) is 0 Å². The van der Waals surface area contributed by atoms with E-state index in [1.807, 2.05) is 18.3 Å². The Morgan fingerprint density at radius 2 is 2.12 bits per heavy atom. The summed E-state index contributed by atoms with van der Waals surface area (Å²) in [6.07, 6.45) is 8.66. The third kappa shape index (κ3) is 1.88. The van der Waals surface area contributed by atoms with Gasteiger partial charge in [0, 0.05) is 12.6 Å². The van der Waals surface area contributed by atoms with Crippen LogP contribution in [0.15, 0.2) is 18.3 Å². The lowest BCUT2D eigenvalue weighted by Crippen LogP contribution is -2.34. The Hall–Kier alpha value is -1.56. The number of nitriles is 1. The van der Waals surface area contributed by atoms with Crippen molar-refractivity contribution in [3.05, 3.63) is 24.0 Å². The second kappa shape index (κ2) is 4.37. The van der Waals surface area contributed by atoms with E-state index in [-0.39, 0.29) is 0 Å². The molecule has 1 saturated carbocycles. The summed E-state index contributed by atoms with van der Waals surface area (Å²) in [6.45, 7) is 1.16. The Morgan fingerprint density at radius 3 is 2.88 bits per heavy atom. The maximum Gasteiger partial charge on any atom is 0.140 e. The third-order valence-electron chi connectivity index (χ3n) is 4.20. The van der Waals surface area contributed by atoms with Crippen molar-refractivity contribution < 1.29 is 0 Å². The molecule has 1 aliphatic carbocycles. The number of fused-ring (bicyclic) bond motifs is 1. The summed E-state index contributed by atoms with van der Waals surface area (Å²) in [6, 6.07) is 6.66. The number of anilines is 1. The molecule has 88 valence electrons. The number of rotatable bonds is 1. The van der Waals surface area contributed by atoms with E-state index in [9.17, 15) is 0 Å². The molecule has 1 aromatic rings. The molecule has 0 radical (unpaired) electrons. The van der Waals surface area contributed by atoms with Crippen LogP contribution in [-0.2, 0) is 0 Å². The highest BCUT2D eigenvalue weighted by Crippen LogP contribution is 2.38. The fourth-order valence-corrected chi connectivity index (χ4v) is 3.35. The first-order valence-electron chi connectivity index (χ1n) is 6.51. The molecule has 2 fully saturated rings. The zero-order valence-electron chi connectivity index (χ0n) is 9.97. The normalized spacial score (nSPS) is 27.6. The highest BCUT2D eigenvalue weighted by atomic mass is 15.2. The standard InChI is InChI=1S/C14H17N3/c15-9-12-5-6-13(10-16-12)17-8-7-11-3-1-2-4-14(11)17/h5-6,10-11,14H,1-4,7-8H2. The van der Waals surface area contributed by atoms with Crippen LogP contribution in [0.3, 0.4) is 0 Å². The molecular formula is C14H17N3. The molecule has 3 nitrogen and oxygen atoms in total. The predicted molar refractivity (Wildman–Crippen MR) is 66.7 cm³/mol. The van der Waals surface area contributed by atoms with Crippen LogP contribution in [0.25, 0.3) is 0 Å². The average Bonchev–Trinajstić information content (AvgIpc) is 2.83. The van der Waals surface area contributed by atoms with Crippen molar-refractivity contribution in [2.24, 2.45) is 5.92 Å². The van der Waals surface area contributed by atoms with Crippen molar-refractivity contribution in [3.63, 3.8) is 0 Å². The highest BCUT2D eigenvalue weighted by Gasteiger charge is 2.35. The van der Waals surface area contributed by atoms with Crippen molar-refractivity contribution in [2.75, 3.05) is 11.4 Å². The van der Waals surface area contributed by atoms with Crippen molar-refractivity contribution >= 4 is 5.69 Å². The summed E-state index contributed by atoms with van der Waals surface area (Å²) < 4.78 is 0. The van der Waals surface area contributed by atoms with Gasteiger partial charge in [-0.3, -0.25) is 0 Å². The van der Waals surface area contributed by atoms with Gasteiger partial charge in [-0.25, -0.2) is 4.98 Å². The fourth-order valence-electron chi connectivity index (χ4n) is 3.35. The van der Waals surface area contributed by atoms with Gasteiger partial charge in [0.2, 0.25) is 0 Å². The van der Waals surface area contributed by atoms with Gasteiger partial charge in [0.1, 0.15) is 11.8 Å². The third-order valence-corrected chi connectivity index (χ3v) is 4.20. The molecule has 17 heavy (non-hydrogen) atoms. The second-order valence-electron chi connectivity index (χ2n) is 5.11. The van der Waals surface area contributed by atoms with E-state index >= 15 is 0 Å². The molecule has 0 bridgehead atoms. The Kier molecular flexibility index (Phi) is 2.72. The molecule has 1 aliphatic heterocycles. The van der Waals surface area contributed by atoms with Gasteiger partial charge in [-0.1, -0.05) is 12.8 Å². The minimum absolute atomic E-state index is 0.508. The summed E-state index contributed by atoms with van der Waals surface area (Å²) in [5, 5.41) is 8.76. The predicted octanol–water partition coefficient (Wildman–Crippen LogP) is 2.72. The second-order valence-corrected chi connectivity index (χ2v) is 5.11. The molecule has 0 amide bonds. The lowest BCUT2D eigenvalue weighted by atomic mass is 9.85. The Bertz CT molecular complexity index is 432. The van der Waals surface area contributed by atoms with Gasteiger partial charge in [0.15, 0.2) is 0 Å². The van der Waals surface area contributed by atoms with E-state index in [1.165, 1.54) is 37.8 Å². The van der Waals surface area contributed by atoms with Crippen LogP contribution in [0, 0.1) is 17.2 Å². The lowest BCUT2D eigenvalue weighted by molar-refractivity contribution is 0.342. The monoisotopic (exact) mass is 227 g/mol. The van der Waals surface area contributed by atoms with E-state index in [0.29, 0.717) is 5.69 Å². The maximum atomic E-state index is 8.76. The minimum atomic E-state index is 0.508. The van der Waals surface area contributed by atoms with E-state index in [4.69, 9.17) is 5.26 Å². The molecule has 3 rings (SSSR count). The molecule has 2 atom stereocenters. The van der Waals surface area contributed by atoms with Crippen LogP contribution in [0.2, 0.25) is 0 Å².